The molecule has 2 N–H and O–H groups in total. The van der Waals surface area contributed by atoms with Gasteiger partial charge in [-0.3, -0.25) is 4.79 Å². The zero-order valence-corrected chi connectivity index (χ0v) is 16.5. The molecule has 0 atom stereocenters. The Morgan fingerprint density at radius 3 is 2.32 bits per heavy atom. The second-order valence-corrected chi connectivity index (χ2v) is 6.58. The van der Waals surface area contributed by atoms with Crippen molar-refractivity contribution in [1.82, 2.24) is 9.97 Å². The van der Waals surface area contributed by atoms with E-state index in [1.807, 2.05) is 64.1 Å². The monoisotopic (exact) mass is 376 g/mol. The van der Waals surface area contributed by atoms with E-state index in [9.17, 15) is 4.79 Å². The molecule has 6 heteroatoms. The van der Waals surface area contributed by atoms with Gasteiger partial charge in [0.05, 0.1) is 17.9 Å². The molecule has 0 saturated carbocycles. The highest BCUT2D eigenvalue weighted by atomic mass is 16.5. The molecule has 0 radical (unpaired) electrons. The lowest BCUT2D eigenvalue weighted by Gasteiger charge is -2.13. The minimum atomic E-state index is -0.240. The molecule has 3 rings (SSSR count). The van der Waals surface area contributed by atoms with Gasteiger partial charge in [-0.05, 0) is 51.0 Å². The van der Waals surface area contributed by atoms with Crippen LogP contribution in [0.25, 0.3) is 0 Å². The maximum absolute atomic E-state index is 12.6. The fraction of sp³-hybridized carbons (Fsp3) is 0.227. The van der Waals surface area contributed by atoms with Crippen molar-refractivity contribution in [2.75, 3.05) is 17.2 Å². The van der Waals surface area contributed by atoms with Gasteiger partial charge in [0.25, 0.3) is 5.91 Å². The molecule has 0 aliphatic rings. The summed E-state index contributed by atoms with van der Waals surface area (Å²) in [6, 6.07) is 11.7. The van der Waals surface area contributed by atoms with Crippen molar-refractivity contribution in [1.29, 1.82) is 0 Å². The van der Waals surface area contributed by atoms with Gasteiger partial charge in [-0.25, -0.2) is 9.97 Å². The second kappa shape index (κ2) is 8.52. The van der Waals surface area contributed by atoms with Crippen molar-refractivity contribution in [3.8, 4) is 5.75 Å². The summed E-state index contributed by atoms with van der Waals surface area (Å²) in [6.07, 6.45) is 3.01. The summed E-state index contributed by atoms with van der Waals surface area (Å²) in [5.41, 5.74) is 5.20. The maximum Gasteiger partial charge on any atom is 0.258 e. The molecule has 0 unspecified atom stereocenters. The quantitative estimate of drug-likeness (QED) is 0.646. The van der Waals surface area contributed by atoms with Gasteiger partial charge in [-0.1, -0.05) is 29.8 Å². The molecule has 0 spiro atoms. The first-order chi connectivity index (χ1) is 13.5. The van der Waals surface area contributed by atoms with Gasteiger partial charge in [0.15, 0.2) is 0 Å². The van der Waals surface area contributed by atoms with E-state index in [-0.39, 0.29) is 5.91 Å². The van der Waals surface area contributed by atoms with Crippen LogP contribution in [0.15, 0.2) is 48.8 Å². The van der Waals surface area contributed by atoms with E-state index < -0.39 is 0 Å². The van der Waals surface area contributed by atoms with Gasteiger partial charge < -0.3 is 15.4 Å². The third kappa shape index (κ3) is 4.46. The molecule has 1 amide bonds. The number of rotatable bonds is 6. The van der Waals surface area contributed by atoms with Crippen molar-refractivity contribution in [2.24, 2.45) is 0 Å². The van der Waals surface area contributed by atoms with Crippen molar-refractivity contribution in [3.05, 3.63) is 71.0 Å². The van der Waals surface area contributed by atoms with Crippen LogP contribution in [0.3, 0.4) is 0 Å². The normalized spacial score (nSPS) is 10.4. The summed E-state index contributed by atoms with van der Waals surface area (Å²) in [7, 11) is 0. The SMILES string of the molecule is CCOc1ccccc1Nc1ncc(C(=O)Nc2c(C)cc(C)cc2C)cn1. The van der Waals surface area contributed by atoms with Gasteiger partial charge >= 0.3 is 0 Å². The van der Waals surface area contributed by atoms with Crippen LogP contribution in [0.2, 0.25) is 0 Å². The first kappa shape index (κ1) is 19.4. The number of benzene rings is 2. The van der Waals surface area contributed by atoms with Crippen LogP contribution in [0.1, 0.15) is 34.0 Å². The molecular weight excluding hydrogens is 352 g/mol. The van der Waals surface area contributed by atoms with Crippen LogP contribution in [-0.4, -0.2) is 22.5 Å². The number of nitrogens with one attached hydrogen (secondary N) is 2. The lowest BCUT2D eigenvalue weighted by Crippen LogP contribution is -2.15. The van der Waals surface area contributed by atoms with Gasteiger partial charge in [0.2, 0.25) is 5.95 Å². The molecule has 1 aromatic heterocycles. The molecule has 144 valence electrons. The summed E-state index contributed by atoms with van der Waals surface area (Å²) < 4.78 is 5.59. The number of carbonyl (C=O) groups is 1. The number of anilines is 3. The molecule has 28 heavy (non-hydrogen) atoms. The van der Waals surface area contributed by atoms with Crippen LogP contribution in [0.5, 0.6) is 5.75 Å². The Morgan fingerprint density at radius 2 is 1.68 bits per heavy atom. The number of amides is 1. The largest absolute Gasteiger partial charge is 0.492 e. The molecule has 0 bridgehead atoms. The number of hydrogen-bond acceptors (Lipinski definition) is 5. The molecule has 2 aromatic carbocycles. The summed E-state index contributed by atoms with van der Waals surface area (Å²) in [5, 5.41) is 6.08. The van der Waals surface area contributed by atoms with Crippen molar-refractivity contribution < 1.29 is 9.53 Å². The topological polar surface area (TPSA) is 76.1 Å². The predicted molar refractivity (Wildman–Crippen MR) is 112 cm³/mol. The Labute approximate surface area is 165 Å². The Morgan fingerprint density at radius 1 is 1.04 bits per heavy atom. The van der Waals surface area contributed by atoms with Crippen LogP contribution in [0, 0.1) is 20.8 Å². The van der Waals surface area contributed by atoms with Crippen LogP contribution in [-0.2, 0) is 0 Å². The summed E-state index contributed by atoms with van der Waals surface area (Å²) in [6.45, 7) is 8.49. The number of aryl methyl sites for hydroxylation is 3. The van der Waals surface area contributed by atoms with E-state index in [0.29, 0.717) is 18.1 Å². The van der Waals surface area contributed by atoms with Crippen molar-refractivity contribution >= 4 is 23.2 Å². The highest BCUT2D eigenvalue weighted by Gasteiger charge is 2.12. The second-order valence-electron chi connectivity index (χ2n) is 6.58. The standard InChI is InChI=1S/C22H24N4O2/c1-5-28-19-9-7-6-8-18(19)25-22-23-12-17(13-24-22)21(27)26-20-15(3)10-14(2)11-16(20)4/h6-13H,5H2,1-4H3,(H,26,27)(H,23,24,25). The third-order valence-electron chi connectivity index (χ3n) is 4.26. The molecule has 0 saturated heterocycles. The highest BCUT2D eigenvalue weighted by Crippen LogP contribution is 2.26. The van der Waals surface area contributed by atoms with Crippen molar-refractivity contribution in [2.45, 2.75) is 27.7 Å². The number of hydrogen-bond donors (Lipinski definition) is 2. The molecular formula is C22H24N4O2. The molecule has 3 aromatic rings. The zero-order chi connectivity index (χ0) is 20.1. The Bertz CT molecular complexity index is 961. The fourth-order valence-electron chi connectivity index (χ4n) is 3.04. The number of aromatic nitrogens is 2. The average Bonchev–Trinajstić information content (AvgIpc) is 2.67. The van der Waals surface area contributed by atoms with Gasteiger partial charge in [-0.2, -0.15) is 0 Å². The van der Waals surface area contributed by atoms with Gasteiger partial charge in [0, 0.05) is 18.1 Å². The van der Waals surface area contributed by atoms with E-state index in [1.165, 1.54) is 18.0 Å². The number of nitrogens with zero attached hydrogens (tertiary/aromatic N) is 2. The van der Waals surface area contributed by atoms with Crippen LogP contribution >= 0.6 is 0 Å². The third-order valence-corrected chi connectivity index (χ3v) is 4.26. The number of carbonyl (C=O) groups excluding carboxylic acids is 1. The maximum atomic E-state index is 12.6. The Hall–Kier alpha value is -3.41. The lowest BCUT2D eigenvalue weighted by molar-refractivity contribution is 0.102. The van der Waals surface area contributed by atoms with E-state index >= 15 is 0 Å². The molecule has 1 heterocycles. The van der Waals surface area contributed by atoms with E-state index in [1.54, 1.807) is 0 Å². The highest BCUT2D eigenvalue weighted by molar-refractivity contribution is 6.04. The van der Waals surface area contributed by atoms with Gasteiger partial charge in [0.1, 0.15) is 5.75 Å². The van der Waals surface area contributed by atoms with E-state index in [4.69, 9.17) is 4.74 Å². The van der Waals surface area contributed by atoms with E-state index in [0.717, 1.165) is 28.3 Å². The molecule has 6 nitrogen and oxygen atoms in total. The summed E-state index contributed by atoms with van der Waals surface area (Å²) in [5.74, 6) is 0.878. The fourth-order valence-corrected chi connectivity index (χ4v) is 3.04. The minimum Gasteiger partial charge on any atom is -0.492 e. The first-order valence-corrected chi connectivity index (χ1v) is 9.18. The molecule has 0 aliphatic heterocycles. The Kier molecular flexibility index (Phi) is 5.89. The number of ether oxygens (including phenoxy) is 1. The summed E-state index contributed by atoms with van der Waals surface area (Å²) in [4.78, 5) is 21.1. The minimum absolute atomic E-state index is 0.240. The van der Waals surface area contributed by atoms with Crippen molar-refractivity contribution in [3.63, 3.8) is 0 Å². The van der Waals surface area contributed by atoms with Gasteiger partial charge in [-0.15, -0.1) is 0 Å². The smallest absolute Gasteiger partial charge is 0.258 e. The zero-order valence-electron chi connectivity index (χ0n) is 16.5. The van der Waals surface area contributed by atoms with E-state index in [2.05, 4.69) is 20.6 Å². The molecule has 0 aliphatic carbocycles. The predicted octanol–water partition coefficient (Wildman–Crippen LogP) is 4.80. The number of para-hydroxylation sites is 2. The first-order valence-electron chi connectivity index (χ1n) is 9.18. The average molecular weight is 376 g/mol. The van der Waals surface area contributed by atoms with Crippen LogP contribution < -0.4 is 15.4 Å². The van der Waals surface area contributed by atoms with Crippen LogP contribution in [0.4, 0.5) is 17.3 Å². The molecule has 0 fully saturated rings. The summed E-state index contributed by atoms with van der Waals surface area (Å²) >= 11 is 0. The Balaban J connectivity index is 1.73. The lowest BCUT2D eigenvalue weighted by atomic mass is 10.0.